The summed E-state index contributed by atoms with van der Waals surface area (Å²) in [5.41, 5.74) is -0.0670. The SMILES string of the molecule is CC(C)(C)C(=O)CNC(=O)c1nn(Cc2ccc(F)cc2)c2ccccc2c1=O. The monoisotopic (exact) mass is 395 g/mol. The number of Topliss-reactive ketones (excluding diaryl/α,β-unsaturated/α-hetero) is 1. The third-order valence-corrected chi connectivity index (χ3v) is 4.57. The summed E-state index contributed by atoms with van der Waals surface area (Å²) in [5.74, 6) is -1.21. The van der Waals surface area contributed by atoms with Crippen LogP contribution in [-0.4, -0.2) is 28.0 Å². The third-order valence-electron chi connectivity index (χ3n) is 4.57. The van der Waals surface area contributed by atoms with Gasteiger partial charge in [0.2, 0.25) is 5.43 Å². The number of rotatable bonds is 5. The maximum atomic E-state index is 13.2. The Balaban J connectivity index is 1.98. The number of nitrogens with one attached hydrogen (secondary N) is 1. The number of aromatic nitrogens is 2. The second-order valence-electron chi connectivity index (χ2n) is 7.83. The molecular formula is C22H22FN3O3. The molecule has 3 rings (SSSR count). The average molecular weight is 395 g/mol. The van der Waals surface area contributed by atoms with Gasteiger partial charge in [0, 0.05) is 10.8 Å². The van der Waals surface area contributed by atoms with Gasteiger partial charge in [0.1, 0.15) is 5.82 Å². The van der Waals surface area contributed by atoms with Gasteiger partial charge >= 0.3 is 0 Å². The summed E-state index contributed by atoms with van der Waals surface area (Å²) in [7, 11) is 0. The van der Waals surface area contributed by atoms with E-state index in [0.29, 0.717) is 10.9 Å². The van der Waals surface area contributed by atoms with Crippen molar-refractivity contribution in [2.45, 2.75) is 27.3 Å². The Morgan fingerprint density at radius 3 is 2.38 bits per heavy atom. The molecule has 0 saturated carbocycles. The van der Waals surface area contributed by atoms with Gasteiger partial charge in [-0.1, -0.05) is 45.0 Å². The van der Waals surface area contributed by atoms with Gasteiger partial charge in [-0.05, 0) is 29.8 Å². The summed E-state index contributed by atoms with van der Waals surface area (Å²) in [5, 5.41) is 7.09. The van der Waals surface area contributed by atoms with Gasteiger partial charge in [0.25, 0.3) is 5.91 Å². The largest absolute Gasteiger partial charge is 0.343 e. The van der Waals surface area contributed by atoms with E-state index in [1.165, 1.54) is 16.8 Å². The summed E-state index contributed by atoms with van der Waals surface area (Å²) in [4.78, 5) is 37.5. The lowest BCUT2D eigenvalue weighted by Gasteiger charge is -2.17. The molecule has 0 atom stereocenters. The van der Waals surface area contributed by atoms with E-state index < -0.39 is 16.8 Å². The van der Waals surface area contributed by atoms with Crippen molar-refractivity contribution in [1.82, 2.24) is 15.1 Å². The molecule has 0 spiro atoms. The van der Waals surface area contributed by atoms with Gasteiger partial charge in [-0.15, -0.1) is 0 Å². The zero-order valence-corrected chi connectivity index (χ0v) is 16.5. The van der Waals surface area contributed by atoms with Crippen molar-refractivity contribution in [3.8, 4) is 0 Å². The second-order valence-corrected chi connectivity index (χ2v) is 7.83. The van der Waals surface area contributed by atoms with Gasteiger partial charge in [-0.25, -0.2) is 4.39 Å². The fraction of sp³-hybridized carbons (Fsp3) is 0.273. The number of benzene rings is 2. The highest BCUT2D eigenvalue weighted by molar-refractivity contribution is 5.98. The number of amides is 1. The molecule has 0 aliphatic carbocycles. The van der Waals surface area contributed by atoms with E-state index in [2.05, 4.69) is 10.4 Å². The number of hydrogen-bond donors (Lipinski definition) is 1. The van der Waals surface area contributed by atoms with Crippen LogP contribution >= 0.6 is 0 Å². The molecule has 2 aromatic carbocycles. The van der Waals surface area contributed by atoms with E-state index in [9.17, 15) is 18.8 Å². The highest BCUT2D eigenvalue weighted by atomic mass is 19.1. The average Bonchev–Trinajstić information content (AvgIpc) is 2.69. The lowest BCUT2D eigenvalue weighted by molar-refractivity contribution is -0.125. The maximum absolute atomic E-state index is 13.2. The van der Waals surface area contributed by atoms with Gasteiger partial charge in [0.15, 0.2) is 11.5 Å². The number of para-hydroxylation sites is 1. The first-order chi connectivity index (χ1) is 13.7. The number of fused-ring (bicyclic) bond motifs is 1. The van der Waals surface area contributed by atoms with Crippen LogP contribution in [0.15, 0.2) is 53.3 Å². The molecule has 0 saturated heterocycles. The summed E-state index contributed by atoms with van der Waals surface area (Å²) in [6.45, 7) is 5.33. The van der Waals surface area contributed by atoms with Gasteiger partial charge < -0.3 is 5.32 Å². The van der Waals surface area contributed by atoms with Crippen LogP contribution < -0.4 is 10.7 Å². The van der Waals surface area contributed by atoms with Gasteiger partial charge in [0.05, 0.1) is 18.6 Å². The minimum Gasteiger partial charge on any atom is -0.343 e. The van der Waals surface area contributed by atoms with Crippen molar-refractivity contribution in [2.24, 2.45) is 5.41 Å². The van der Waals surface area contributed by atoms with Crippen LogP contribution in [0.2, 0.25) is 0 Å². The lowest BCUT2D eigenvalue weighted by atomic mass is 9.91. The van der Waals surface area contributed by atoms with E-state index in [0.717, 1.165) is 5.56 Å². The fourth-order valence-electron chi connectivity index (χ4n) is 2.78. The molecule has 0 bridgehead atoms. The molecular weight excluding hydrogens is 373 g/mol. The Morgan fingerprint density at radius 1 is 1.07 bits per heavy atom. The Hall–Kier alpha value is -3.35. The Labute approximate surface area is 167 Å². The fourth-order valence-corrected chi connectivity index (χ4v) is 2.78. The first kappa shape index (κ1) is 20.4. The standard InChI is InChI=1S/C22H22FN3O3/c1-22(2,3)18(27)12-24-21(29)19-20(28)16-6-4-5-7-17(16)26(25-19)13-14-8-10-15(23)11-9-14/h4-11H,12-13H2,1-3H3,(H,24,29). The van der Waals surface area contributed by atoms with Crippen LogP contribution in [0.4, 0.5) is 4.39 Å². The highest BCUT2D eigenvalue weighted by Gasteiger charge is 2.23. The summed E-state index contributed by atoms with van der Waals surface area (Å²) in [6.07, 6.45) is 0. The smallest absolute Gasteiger partial charge is 0.276 e. The van der Waals surface area contributed by atoms with Crippen molar-refractivity contribution in [3.63, 3.8) is 0 Å². The topological polar surface area (TPSA) is 81.1 Å². The van der Waals surface area contributed by atoms with E-state index >= 15 is 0 Å². The normalized spacial score (nSPS) is 11.4. The molecule has 1 aromatic heterocycles. The first-order valence-electron chi connectivity index (χ1n) is 9.22. The molecule has 0 fully saturated rings. The van der Waals surface area contributed by atoms with E-state index in [1.807, 2.05) is 0 Å². The summed E-state index contributed by atoms with van der Waals surface area (Å²) in [6, 6.07) is 12.7. The molecule has 29 heavy (non-hydrogen) atoms. The van der Waals surface area contributed by atoms with Crippen molar-refractivity contribution >= 4 is 22.6 Å². The molecule has 7 heteroatoms. The van der Waals surface area contributed by atoms with Crippen LogP contribution in [0.3, 0.4) is 0 Å². The Bertz CT molecular complexity index is 1130. The molecule has 1 amide bonds. The summed E-state index contributed by atoms with van der Waals surface area (Å²) >= 11 is 0. The molecule has 0 unspecified atom stereocenters. The van der Waals surface area contributed by atoms with E-state index in [1.54, 1.807) is 57.2 Å². The number of hydrogen-bond acceptors (Lipinski definition) is 4. The predicted octanol–water partition coefficient (Wildman–Crippen LogP) is 2.93. The Kier molecular flexibility index (Phi) is 5.59. The third kappa shape index (κ3) is 4.56. The van der Waals surface area contributed by atoms with Crippen LogP contribution in [0.25, 0.3) is 10.9 Å². The quantitative estimate of drug-likeness (QED) is 0.720. The molecule has 0 aliphatic heterocycles. The lowest BCUT2D eigenvalue weighted by Crippen LogP contribution is -2.38. The van der Waals surface area contributed by atoms with Crippen LogP contribution in [0.5, 0.6) is 0 Å². The molecule has 1 heterocycles. The molecule has 6 nitrogen and oxygen atoms in total. The van der Waals surface area contributed by atoms with Crippen LogP contribution in [0, 0.1) is 11.2 Å². The van der Waals surface area contributed by atoms with Crippen molar-refractivity contribution in [3.05, 3.63) is 75.8 Å². The molecule has 0 radical (unpaired) electrons. The van der Waals surface area contributed by atoms with Crippen molar-refractivity contribution in [2.75, 3.05) is 6.54 Å². The minimum absolute atomic E-state index is 0.154. The van der Waals surface area contributed by atoms with E-state index in [4.69, 9.17) is 0 Å². The Morgan fingerprint density at radius 2 is 1.72 bits per heavy atom. The number of ketones is 1. The zero-order valence-electron chi connectivity index (χ0n) is 16.5. The number of carbonyl (C=O) groups is 2. The number of halogens is 1. The van der Waals surface area contributed by atoms with E-state index in [-0.39, 0.29) is 30.4 Å². The first-order valence-corrected chi connectivity index (χ1v) is 9.22. The van der Waals surface area contributed by atoms with Gasteiger partial charge in [-0.2, -0.15) is 5.10 Å². The number of carbonyl (C=O) groups excluding carboxylic acids is 2. The number of nitrogens with zero attached hydrogens (tertiary/aromatic N) is 2. The molecule has 1 N–H and O–H groups in total. The maximum Gasteiger partial charge on any atom is 0.276 e. The highest BCUT2D eigenvalue weighted by Crippen LogP contribution is 2.14. The molecule has 0 aliphatic rings. The van der Waals surface area contributed by atoms with Crippen LogP contribution in [0.1, 0.15) is 36.8 Å². The predicted molar refractivity (Wildman–Crippen MR) is 108 cm³/mol. The molecule has 150 valence electrons. The van der Waals surface area contributed by atoms with Crippen molar-refractivity contribution < 1.29 is 14.0 Å². The van der Waals surface area contributed by atoms with Gasteiger partial charge in [-0.3, -0.25) is 19.1 Å². The minimum atomic E-state index is -0.703. The second kappa shape index (κ2) is 7.95. The van der Waals surface area contributed by atoms with Crippen LogP contribution in [-0.2, 0) is 11.3 Å². The summed E-state index contributed by atoms with van der Waals surface area (Å²) < 4.78 is 14.7. The van der Waals surface area contributed by atoms with Crippen molar-refractivity contribution in [1.29, 1.82) is 0 Å². The zero-order chi connectivity index (χ0) is 21.2. The molecule has 3 aromatic rings.